The van der Waals surface area contributed by atoms with Crippen LogP contribution in [0.4, 0.5) is 11.8 Å². The van der Waals surface area contributed by atoms with Crippen LogP contribution in [0.2, 0.25) is 0 Å². The summed E-state index contributed by atoms with van der Waals surface area (Å²) >= 11 is 0. The van der Waals surface area contributed by atoms with Crippen LogP contribution in [0.3, 0.4) is 0 Å². The van der Waals surface area contributed by atoms with Crippen LogP contribution in [-0.4, -0.2) is 30.1 Å². The van der Waals surface area contributed by atoms with Crippen LogP contribution in [0.25, 0.3) is 10.9 Å². The van der Waals surface area contributed by atoms with Crippen molar-refractivity contribution in [3.63, 3.8) is 0 Å². The lowest BCUT2D eigenvalue weighted by atomic mass is 10.0. The maximum atomic E-state index is 4.72. The summed E-state index contributed by atoms with van der Waals surface area (Å²) in [5.74, 6) is 2.50. The third-order valence-corrected chi connectivity index (χ3v) is 3.77. The molecular weight excluding hydrogens is 236 g/mol. The zero-order valence-electron chi connectivity index (χ0n) is 11.6. The molecule has 1 aliphatic heterocycles. The number of fused-ring (bicyclic) bond motifs is 1. The van der Waals surface area contributed by atoms with E-state index in [1.807, 2.05) is 19.2 Å². The average Bonchev–Trinajstić information content (AvgIpc) is 2.46. The number of nitrogens with one attached hydrogen (secondary N) is 1. The van der Waals surface area contributed by atoms with Gasteiger partial charge in [0.25, 0.3) is 0 Å². The van der Waals surface area contributed by atoms with E-state index in [0.29, 0.717) is 0 Å². The molecule has 19 heavy (non-hydrogen) atoms. The summed E-state index contributed by atoms with van der Waals surface area (Å²) in [6, 6.07) is 8.16. The van der Waals surface area contributed by atoms with Gasteiger partial charge in [0.05, 0.1) is 5.52 Å². The Morgan fingerprint density at radius 1 is 1.26 bits per heavy atom. The van der Waals surface area contributed by atoms with Crippen LogP contribution in [0.1, 0.15) is 19.8 Å². The van der Waals surface area contributed by atoms with Crippen molar-refractivity contribution in [2.75, 3.05) is 30.4 Å². The number of aromatic nitrogens is 2. The zero-order valence-corrected chi connectivity index (χ0v) is 11.6. The monoisotopic (exact) mass is 256 g/mol. The normalized spacial score (nSPS) is 19.7. The third kappa shape index (κ3) is 2.35. The molecule has 0 radical (unpaired) electrons. The number of anilines is 2. The second-order valence-corrected chi connectivity index (χ2v) is 5.33. The van der Waals surface area contributed by atoms with Gasteiger partial charge >= 0.3 is 0 Å². The van der Waals surface area contributed by atoms with Gasteiger partial charge in [-0.15, -0.1) is 0 Å². The molecule has 0 unspecified atom stereocenters. The Morgan fingerprint density at radius 2 is 2.11 bits per heavy atom. The highest BCUT2D eigenvalue weighted by molar-refractivity contribution is 5.89. The lowest BCUT2D eigenvalue weighted by molar-refractivity contribution is 0.442. The molecule has 2 aromatic rings. The molecule has 100 valence electrons. The molecule has 1 aromatic carbocycles. The van der Waals surface area contributed by atoms with Gasteiger partial charge in [-0.2, -0.15) is 4.98 Å². The molecule has 4 heteroatoms. The number of benzene rings is 1. The second-order valence-electron chi connectivity index (χ2n) is 5.33. The lowest BCUT2D eigenvalue weighted by Gasteiger charge is -2.31. The Bertz CT molecular complexity index is 581. The number of rotatable bonds is 2. The molecular formula is C15H20N4. The van der Waals surface area contributed by atoms with E-state index in [2.05, 4.69) is 34.3 Å². The molecule has 0 spiro atoms. The van der Waals surface area contributed by atoms with Crippen molar-refractivity contribution in [1.29, 1.82) is 0 Å². The Hall–Kier alpha value is -1.84. The van der Waals surface area contributed by atoms with Crippen LogP contribution in [0.5, 0.6) is 0 Å². The highest BCUT2D eigenvalue weighted by Gasteiger charge is 2.19. The number of para-hydroxylation sites is 1. The van der Waals surface area contributed by atoms with Crippen molar-refractivity contribution in [3.8, 4) is 0 Å². The van der Waals surface area contributed by atoms with Gasteiger partial charge in [-0.05, 0) is 30.9 Å². The van der Waals surface area contributed by atoms with Gasteiger partial charge in [0.15, 0.2) is 0 Å². The third-order valence-electron chi connectivity index (χ3n) is 3.77. The SMILES string of the molecule is CNc1nc(N2CCC[C@@H](C)C2)nc2ccccc12. The molecule has 1 atom stereocenters. The Morgan fingerprint density at radius 3 is 2.89 bits per heavy atom. The van der Waals surface area contributed by atoms with E-state index >= 15 is 0 Å². The fraction of sp³-hybridized carbons (Fsp3) is 0.467. The van der Waals surface area contributed by atoms with E-state index in [0.717, 1.165) is 41.7 Å². The second kappa shape index (κ2) is 5.03. The molecule has 1 aliphatic rings. The van der Waals surface area contributed by atoms with Crippen LogP contribution >= 0.6 is 0 Å². The first-order chi connectivity index (χ1) is 9.28. The van der Waals surface area contributed by atoms with Crippen LogP contribution in [0, 0.1) is 5.92 Å². The quantitative estimate of drug-likeness (QED) is 0.897. The minimum Gasteiger partial charge on any atom is -0.372 e. The summed E-state index contributed by atoms with van der Waals surface area (Å²) in [7, 11) is 1.91. The smallest absolute Gasteiger partial charge is 0.227 e. The molecule has 0 amide bonds. The largest absolute Gasteiger partial charge is 0.372 e. The predicted octanol–water partition coefficient (Wildman–Crippen LogP) is 2.91. The minimum absolute atomic E-state index is 0.724. The Labute approximate surface area is 113 Å². The zero-order chi connectivity index (χ0) is 13.2. The van der Waals surface area contributed by atoms with Gasteiger partial charge in [-0.3, -0.25) is 0 Å². The fourth-order valence-electron chi connectivity index (χ4n) is 2.77. The summed E-state index contributed by atoms with van der Waals surface area (Å²) in [5.41, 5.74) is 1.01. The van der Waals surface area contributed by atoms with Crippen molar-refractivity contribution < 1.29 is 0 Å². The predicted molar refractivity (Wildman–Crippen MR) is 79.7 cm³/mol. The highest BCUT2D eigenvalue weighted by Crippen LogP contribution is 2.25. The standard InChI is InChI=1S/C15H20N4/c1-11-6-5-9-19(10-11)15-17-13-8-4-3-7-12(13)14(16-2)18-15/h3-4,7-8,11H,5-6,9-10H2,1-2H3,(H,16,17,18)/t11-/m1/s1. The number of hydrogen-bond donors (Lipinski definition) is 1. The van der Waals surface area contributed by atoms with Gasteiger partial charge < -0.3 is 10.2 Å². The van der Waals surface area contributed by atoms with Crippen LogP contribution in [0.15, 0.2) is 24.3 Å². The summed E-state index contributed by atoms with van der Waals surface area (Å²) in [4.78, 5) is 11.7. The van der Waals surface area contributed by atoms with E-state index in [1.54, 1.807) is 0 Å². The van der Waals surface area contributed by atoms with Crippen LogP contribution < -0.4 is 10.2 Å². The van der Waals surface area contributed by atoms with Crippen molar-refractivity contribution in [1.82, 2.24) is 9.97 Å². The number of piperidine rings is 1. The highest BCUT2D eigenvalue weighted by atomic mass is 15.3. The van der Waals surface area contributed by atoms with Gasteiger partial charge in [0.1, 0.15) is 5.82 Å². The summed E-state index contributed by atoms with van der Waals surface area (Å²) < 4.78 is 0. The first-order valence-electron chi connectivity index (χ1n) is 6.97. The topological polar surface area (TPSA) is 41.1 Å². The lowest BCUT2D eigenvalue weighted by Crippen LogP contribution is -2.35. The van der Waals surface area contributed by atoms with E-state index in [9.17, 15) is 0 Å². The maximum absolute atomic E-state index is 4.72. The molecule has 1 saturated heterocycles. The molecule has 4 nitrogen and oxygen atoms in total. The maximum Gasteiger partial charge on any atom is 0.227 e. The molecule has 1 fully saturated rings. The van der Waals surface area contributed by atoms with Gasteiger partial charge in [-0.1, -0.05) is 19.1 Å². The van der Waals surface area contributed by atoms with Gasteiger partial charge in [0, 0.05) is 25.5 Å². The summed E-state index contributed by atoms with van der Waals surface area (Å²) in [6.45, 7) is 4.42. The summed E-state index contributed by atoms with van der Waals surface area (Å²) in [6.07, 6.45) is 2.54. The molecule has 0 bridgehead atoms. The van der Waals surface area contributed by atoms with Gasteiger partial charge in [-0.25, -0.2) is 4.98 Å². The van der Waals surface area contributed by atoms with E-state index < -0.39 is 0 Å². The molecule has 0 aliphatic carbocycles. The first-order valence-corrected chi connectivity index (χ1v) is 6.97. The van der Waals surface area contributed by atoms with E-state index in [1.165, 1.54) is 12.8 Å². The average molecular weight is 256 g/mol. The molecule has 3 rings (SSSR count). The van der Waals surface area contributed by atoms with Crippen molar-refractivity contribution >= 4 is 22.7 Å². The fourth-order valence-corrected chi connectivity index (χ4v) is 2.77. The number of nitrogens with zero attached hydrogens (tertiary/aromatic N) is 3. The van der Waals surface area contributed by atoms with E-state index in [-0.39, 0.29) is 0 Å². The number of hydrogen-bond acceptors (Lipinski definition) is 4. The molecule has 0 saturated carbocycles. The Kier molecular flexibility index (Phi) is 3.23. The van der Waals surface area contributed by atoms with Crippen LogP contribution in [-0.2, 0) is 0 Å². The van der Waals surface area contributed by atoms with Crippen molar-refractivity contribution in [2.24, 2.45) is 5.92 Å². The van der Waals surface area contributed by atoms with Gasteiger partial charge in [0.2, 0.25) is 5.95 Å². The summed E-state index contributed by atoms with van der Waals surface area (Å²) in [5, 5.41) is 4.27. The molecule has 1 N–H and O–H groups in total. The minimum atomic E-state index is 0.724. The molecule has 1 aromatic heterocycles. The van der Waals surface area contributed by atoms with Crippen molar-refractivity contribution in [3.05, 3.63) is 24.3 Å². The molecule has 2 heterocycles. The van der Waals surface area contributed by atoms with Crippen molar-refractivity contribution in [2.45, 2.75) is 19.8 Å². The first kappa shape index (κ1) is 12.2. The van der Waals surface area contributed by atoms with E-state index in [4.69, 9.17) is 4.98 Å². The Balaban J connectivity index is 2.04.